The van der Waals surface area contributed by atoms with Crippen LogP contribution in [0.15, 0.2) is 22.7 Å². The van der Waals surface area contributed by atoms with E-state index in [1.165, 1.54) is 22.5 Å². The van der Waals surface area contributed by atoms with Crippen LogP contribution >= 0.6 is 11.6 Å². The first-order valence-corrected chi connectivity index (χ1v) is 10.6. The molecule has 0 aliphatic carbocycles. The molecule has 2 heterocycles. The van der Waals surface area contributed by atoms with E-state index in [0.29, 0.717) is 25.9 Å². The number of carbonyl (C=O) groups excluding carboxylic acids is 1. The Bertz CT molecular complexity index is 948. The number of carbonyl (C=O) groups is 1. The Balaban J connectivity index is 1.80. The van der Waals surface area contributed by atoms with E-state index >= 15 is 0 Å². The first-order valence-electron chi connectivity index (χ1n) is 8.35. The summed E-state index contributed by atoms with van der Waals surface area (Å²) in [5.41, 5.74) is 0.169. The predicted octanol–water partition coefficient (Wildman–Crippen LogP) is 2.60. The van der Waals surface area contributed by atoms with Crippen molar-refractivity contribution in [2.45, 2.75) is 25.8 Å². The number of sulfonamides is 1. The summed E-state index contributed by atoms with van der Waals surface area (Å²) in [5, 5.41) is 6.80. The number of aryl methyl sites for hydroxylation is 1. The van der Waals surface area contributed by atoms with Gasteiger partial charge in [-0.1, -0.05) is 22.8 Å². The average Bonchev–Trinajstić information content (AvgIpc) is 2.96. The molecule has 0 saturated carbocycles. The number of hydrogen-bond acceptors (Lipinski definition) is 5. The van der Waals surface area contributed by atoms with Crippen molar-refractivity contribution in [2.24, 2.45) is 0 Å². The minimum atomic E-state index is -3.24. The van der Waals surface area contributed by atoms with Crippen LogP contribution in [0.3, 0.4) is 0 Å². The second-order valence-corrected chi connectivity index (χ2v) is 8.86. The molecule has 1 aromatic heterocycles. The summed E-state index contributed by atoms with van der Waals surface area (Å²) in [5.74, 6) is -0.817. The summed E-state index contributed by atoms with van der Waals surface area (Å²) in [6.07, 6.45) is 2.13. The molecule has 0 spiro atoms. The van der Waals surface area contributed by atoms with Gasteiger partial charge in [-0.15, -0.1) is 0 Å². The number of hydrogen-bond donors (Lipinski definition) is 1. The summed E-state index contributed by atoms with van der Waals surface area (Å²) in [7, 11) is -3.24. The van der Waals surface area contributed by atoms with E-state index in [4.69, 9.17) is 16.1 Å². The molecule has 0 radical (unpaired) electrons. The van der Waals surface area contributed by atoms with Crippen molar-refractivity contribution in [2.75, 3.05) is 19.3 Å². The summed E-state index contributed by atoms with van der Waals surface area (Å²) >= 11 is 6.08. The van der Waals surface area contributed by atoms with Gasteiger partial charge in [-0.2, -0.15) is 0 Å². The lowest BCUT2D eigenvalue weighted by Gasteiger charge is -2.30. The fourth-order valence-electron chi connectivity index (χ4n) is 3.12. The zero-order valence-corrected chi connectivity index (χ0v) is 16.4. The maximum Gasteiger partial charge on any atom is 0.257 e. The molecule has 0 unspecified atom stereocenters. The fraction of sp³-hybridized carbons (Fsp3) is 0.412. The van der Waals surface area contributed by atoms with E-state index in [9.17, 15) is 17.6 Å². The van der Waals surface area contributed by atoms with Crippen molar-refractivity contribution in [1.82, 2.24) is 14.8 Å². The van der Waals surface area contributed by atoms with Crippen LogP contribution < -0.4 is 5.32 Å². The third-order valence-electron chi connectivity index (χ3n) is 4.55. The van der Waals surface area contributed by atoms with Crippen LogP contribution in [0.2, 0.25) is 5.02 Å². The first kappa shape index (κ1) is 19.8. The molecule has 2 aromatic rings. The summed E-state index contributed by atoms with van der Waals surface area (Å²) in [6, 6.07) is 4.00. The Hall–Kier alpha value is -1.97. The predicted molar refractivity (Wildman–Crippen MR) is 98.5 cm³/mol. The number of aromatic nitrogens is 1. The molecule has 1 aromatic carbocycles. The molecule has 1 saturated heterocycles. The highest BCUT2D eigenvalue weighted by Gasteiger charge is 2.29. The Labute approximate surface area is 161 Å². The minimum absolute atomic E-state index is 0.00747. The lowest BCUT2D eigenvalue weighted by molar-refractivity contribution is 0.0923. The summed E-state index contributed by atoms with van der Waals surface area (Å²) in [6.45, 7) is 2.23. The number of halogens is 2. The van der Waals surface area contributed by atoms with Crippen molar-refractivity contribution in [3.63, 3.8) is 0 Å². The fourth-order valence-corrected chi connectivity index (χ4v) is 4.25. The van der Waals surface area contributed by atoms with Crippen LogP contribution in [-0.4, -0.2) is 49.2 Å². The zero-order valence-electron chi connectivity index (χ0n) is 14.8. The molecule has 7 nitrogen and oxygen atoms in total. The van der Waals surface area contributed by atoms with Crippen LogP contribution in [0.4, 0.5) is 4.39 Å². The summed E-state index contributed by atoms with van der Waals surface area (Å²) < 4.78 is 43.9. The Morgan fingerprint density at radius 3 is 2.63 bits per heavy atom. The standard InChI is InChI=1S/C17H19ClFN3O4S/c1-10-14(16(21-26-10)15-12(18)4-3-5-13(15)19)17(23)20-11-6-8-22(9-7-11)27(2,24)25/h3-5,11H,6-9H2,1-2H3,(H,20,23). The van der Waals surface area contributed by atoms with E-state index in [2.05, 4.69) is 10.5 Å². The molecule has 1 aliphatic rings. The molecule has 1 N–H and O–H groups in total. The molecule has 1 amide bonds. The van der Waals surface area contributed by atoms with Crippen molar-refractivity contribution >= 4 is 27.5 Å². The van der Waals surface area contributed by atoms with E-state index in [-0.39, 0.29) is 33.6 Å². The Morgan fingerprint density at radius 1 is 1.37 bits per heavy atom. The van der Waals surface area contributed by atoms with Crippen LogP contribution in [0, 0.1) is 12.7 Å². The average molecular weight is 416 g/mol. The number of rotatable bonds is 4. The molecule has 146 valence electrons. The molecule has 0 atom stereocenters. The highest BCUT2D eigenvalue weighted by molar-refractivity contribution is 7.88. The lowest BCUT2D eigenvalue weighted by atomic mass is 10.0. The van der Waals surface area contributed by atoms with Gasteiger partial charge < -0.3 is 9.84 Å². The van der Waals surface area contributed by atoms with Gasteiger partial charge in [0, 0.05) is 19.1 Å². The van der Waals surface area contributed by atoms with Gasteiger partial charge in [-0.3, -0.25) is 4.79 Å². The van der Waals surface area contributed by atoms with Crippen LogP contribution in [0.1, 0.15) is 29.0 Å². The largest absolute Gasteiger partial charge is 0.360 e. The van der Waals surface area contributed by atoms with Gasteiger partial charge in [0.25, 0.3) is 5.91 Å². The van der Waals surface area contributed by atoms with Crippen molar-refractivity contribution in [3.8, 4) is 11.3 Å². The van der Waals surface area contributed by atoms with Gasteiger partial charge in [0.15, 0.2) is 0 Å². The van der Waals surface area contributed by atoms with Crippen molar-refractivity contribution in [3.05, 3.63) is 40.4 Å². The smallest absolute Gasteiger partial charge is 0.257 e. The minimum Gasteiger partial charge on any atom is -0.360 e. The highest BCUT2D eigenvalue weighted by atomic mass is 35.5. The van der Waals surface area contributed by atoms with E-state index in [1.54, 1.807) is 6.92 Å². The number of amides is 1. The Morgan fingerprint density at radius 2 is 2.04 bits per heavy atom. The van der Waals surface area contributed by atoms with E-state index < -0.39 is 21.7 Å². The van der Waals surface area contributed by atoms with Gasteiger partial charge in [-0.25, -0.2) is 17.1 Å². The SMILES string of the molecule is Cc1onc(-c2c(F)cccc2Cl)c1C(=O)NC1CCN(S(C)(=O)=O)CC1. The molecule has 0 bridgehead atoms. The molecular formula is C17H19ClFN3O4S. The molecule has 3 rings (SSSR count). The maximum atomic E-state index is 14.2. The Kier molecular flexibility index (Phi) is 5.55. The molecular weight excluding hydrogens is 397 g/mol. The number of piperidine rings is 1. The third kappa shape index (κ3) is 4.15. The second-order valence-electron chi connectivity index (χ2n) is 6.47. The molecule has 10 heteroatoms. The van der Waals surface area contributed by atoms with Gasteiger partial charge in [0.1, 0.15) is 22.8 Å². The zero-order chi connectivity index (χ0) is 19.8. The van der Waals surface area contributed by atoms with Crippen molar-refractivity contribution in [1.29, 1.82) is 0 Å². The lowest BCUT2D eigenvalue weighted by Crippen LogP contribution is -2.46. The van der Waals surface area contributed by atoms with Crippen LogP contribution in [0.25, 0.3) is 11.3 Å². The third-order valence-corrected chi connectivity index (χ3v) is 6.17. The van der Waals surface area contributed by atoms with Crippen LogP contribution in [-0.2, 0) is 10.0 Å². The van der Waals surface area contributed by atoms with Gasteiger partial charge >= 0.3 is 0 Å². The van der Waals surface area contributed by atoms with Gasteiger partial charge in [0.2, 0.25) is 10.0 Å². The first-order chi connectivity index (χ1) is 12.7. The number of nitrogens with zero attached hydrogens (tertiary/aromatic N) is 2. The highest BCUT2D eigenvalue weighted by Crippen LogP contribution is 2.33. The topological polar surface area (TPSA) is 92.5 Å². The number of nitrogens with one attached hydrogen (secondary N) is 1. The molecule has 1 fully saturated rings. The molecule has 1 aliphatic heterocycles. The van der Waals surface area contributed by atoms with E-state index in [1.807, 2.05) is 0 Å². The van der Waals surface area contributed by atoms with Gasteiger partial charge in [-0.05, 0) is 31.9 Å². The van der Waals surface area contributed by atoms with Crippen molar-refractivity contribution < 1.29 is 22.1 Å². The molecule has 27 heavy (non-hydrogen) atoms. The normalized spacial score (nSPS) is 16.4. The maximum absolute atomic E-state index is 14.2. The van der Waals surface area contributed by atoms with E-state index in [0.717, 1.165) is 6.26 Å². The summed E-state index contributed by atoms with van der Waals surface area (Å²) in [4.78, 5) is 12.8. The monoisotopic (exact) mass is 415 g/mol. The quantitative estimate of drug-likeness (QED) is 0.828. The number of benzene rings is 1. The second kappa shape index (κ2) is 7.57. The van der Waals surface area contributed by atoms with Gasteiger partial charge in [0.05, 0.1) is 16.8 Å². The van der Waals surface area contributed by atoms with Crippen LogP contribution in [0.5, 0.6) is 0 Å².